The van der Waals surface area contributed by atoms with Gasteiger partial charge in [-0.3, -0.25) is 57.7 Å². The summed E-state index contributed by atoms with van der Waals surface area (Å²) in [5, 5.41) is 5.98. The topological polar surface area (TPSA) is 312 Å². The molecule has 2 spiro atoms. The van der Waals surface area contributed by atoms with Crippen LogP contribution < -0.4 is 20.1 Å². The number of benzene rings is 4. The molecule has 2 amide bonds. The number of nitrogens with zero attached hydrogens (tertiary/aromatic N) is 2. The third-order valence-corrected chi connectivity index (χ3v) is 18.1. The molecule has 6 heterocycles. The number of rotatable bonds is 25. The quantitative estimate of drug-likeness (QED) is 0.0525. The summed E-state index contributed by atoms with van der Waals surface area (Å²) >= 11 is 0. The van der Waals surface area contributed by atoms with E-state index < -0.39 is 119 Å². The molecule has 4 aromatic carbocycles. The van der Waals surface area contributed by atoms with Crippen molar-refractivity contribution in [3.8, 4) is 11.5 Å². The highest BCUT2D eigenvalue weighted by molar-refractivity contribution is 6.11. The monoisotopic (exact) mass is 1300 g/mol. The molecule has 4 aromatic rings. The molecule has 0 aliphatic carbocycles. The zero-order chi connectivity index (χ0) is 67.2. The van der Waals surface area contributed by atoms with Gasteiger partial charge in [0.1, 0.15) is 59.6 Å². The molecule has 4 fully saturated rings. The van der Waals surface area contributed by atoms with Gasteiger partial charge in [-0.15, -0.1) is 0 Å². The molecule has 10 rings (SSSR count). The van der Waals surface area contributed by atoms with Crippen LogP contribution in [-0.4, -0.2) is 198 Å². The van der Waals surface area contributed by atoms with Crippen molar-refractivity contribution in [3.05, 3.63) is 119 Å². The molecule has 0 unspecified atom stereocenters. The van der Waals surface area contributed by atoms with Crippen LogP contribution in [0.15, 0.2) is 97.1 Å². The minimum atomic E-state index is -1.43. The molecule has 2 N–H and O–H groups in total. The first-order chi connectivity index (χ1) is 45.0. The molecular weight excluding hydrogens is 1220 g/mol. The van der Waals surface area contributed by atoms with E-state index in [1.807, 2.05) is 46.2 Å². The number of amides is 2. The minimum absolute atomic E-state index is 0.208. The van der Waals surface area contributed by atoms with Crippen LogP contribution in [0, 0.1) is 11.8 Å². The van der Waals surface area contributed by atoms with Gasteiger partial charge in [0.25, 0.3) is 0 Å². The van der Waals surface area contributed by atoms with Crippen LogP contribution in [0.25, 0.3) is 0 Å². The lowest BCUT2D eigenvalue weighted by Crippen LogP contribution is -2.58. The summed E-state index contributed by atoms with van der Waals surface area (Å²) in [5.74, 6) is -7.76. The molecule has 6 aliphatic heterocycles. The van der Waals surface area contributed by atoms with E-state index in [1.54, 1.807) is 74.8 Å². The molecule has 14 atom stereocenters. The lowest BCUT2D eigenvalue weighted by Gasteiger charge is -2.41. The van der Waals surface area contributed by atoms with E-state index in [9.17, 15) is 38.4 Å². The molecule has 26 heteroatoms. The van der Waals surface area contributed by atoms with E-state index in [0.717, 1.165) is 38.8 Å². The Kier molecular flexibility index (Phi) is 21.3. The average Bonchev–Trinajstić information content (AvgIpc) is 1.54. The van der Waals surface area contributed by atoms with E-state index in [4.69, 9.17) is 56.8 Å². The maximum absolute atomic E-state index is 15.1. The number of carbonyl (C=O) groups is 10. The third kappa shape index (κ3) is 14.1. The van der Waals surface area contributed by atoms with Crippen LogP contribution in [0.3, 0.4) is 0 Å². The second-order valence-electron chi connectivity index (χ2n) is 24.2. The zero-order valence-corrected chi connectivity index (χ0v) is 53.5. The number of ketones is 2. The predicted molar refractivity (Wildman–Crippen MR) is 329 cm³/mol. The van der Waals surface area contributed by atoms with Crippen molar-refractivity contribution >= 4 is 70.6 Å². The fraction of sp³-hybridized carbons (Fsp3) is 0.500. The minimum Gasteiger partial charge on any atom is -0.491 e. The average molecular weight is 1300 g/mol. The third-order valence-electron chi connectivity index (χ3n) is 18.1. The molecule has 0 saturated carbocycles. The van der Waals surface area contributed by atoms with Gasteiger partial charge in [0.15, 0.2) is 36.6 Å². The molecule has 0 aromatic heterocycles. The number of hydrogen-bond donors (Lipinski definition) is 2. The van der Waals surface area contributed by atoms with Gasteiger partial charge in [-0.25, -0.2) is 0 Å². The van der Waals surface area contributed by atoms with E-state index in [0.29, 0.717) is 47.1 Å². The Morgan fingerprint density at radius 1 is 0.447 bits per heavy atom. The maximum Gasteiger partial charge on any atom is 0.303 e. The van der Waals surface area contributed by atoms with Crippen LogP contribution in [0.2, 0.25) is 0 Å². The highest BCUT2D eigenvalue weighted by atomic mass is 16.7. The Labute approximate surface area is 542 Å². The summed E-state index contributed by atoms with van der Waals surface area (Å²) in [6.45, 7) is 8.52. The first-order valence-corrected chi connectivity index (χ1v) is 31.2. The van der Waals surface area contributed by atoms with Gasteiger partial charge < -0.3 is 67.5 Å². The smallest absolute Gasteiger partial charge is 0.303 e. The fourth-order valence-electron chi connectivity index (χ4n) is 14.6. The molecule has 6 aliphatic rings. The highest BCUT2D eigenvalue weighted by Crippen LogP contribution is 2.57. The highest BCUT2D eigenvalue weighted by Gasteiger charge is 2.66. The predicted octanol–water partition coefficient (Wildman–Crippen LogP) is 4.47. The molecule has 0 bridgehead atoms. The number of anilines is 2. The number of likely N-dealkylation sites (tertiary alicyclic amines) is 2. The van der Waals surface area contributed by atoms with Crippen molar-refractivity contribution in [1.82, 2.24) is 9.80 Å². The van der Waals surface area contributed by atoms with Crippen LogP contribution in [-0.2, 0) is 106 Å². The van der Waals surface area contributed by atoms with Crippen LogP contribution in [0.4, 0.5) is 11.4 Å². The number of carbonyl (C=O) groups excluding carboxylic acids is 10. The van der Waals surface area contributed by atoms with Crippen molar-refractivity contribution in [2.75, 3.05) is 90.7 Å². The zero-order valence-electron chi connectivity index (χ0n) is 53.5. The first kappa shape index (κ1) is 68.2. The normalized spacial score (nSPS) is 28.5. The van der Waals surface area contributed by atoms with Crippen LogP contribution >= 0.6 is 0 Å². The number of fused-ring (bicyclic) bond motifs is 4. The van der Waals surface area contributed by atoms with Gasteiger partial charge in [-0.05, 0) is 61.6 Å². The number of hydrogen-bond acceptors (Lipinski definition) is 24. The maximum atomic E-state index is 15.1. The Hall–Kier alpha value is -8.66. The number of esters is 6. The van der Waals surface area contributed by atoms with Gasteiger partial charge in [-0.1, -0.05) is 60.7 Å². The molecular formula is C68H78N4O22. The van der Waals surface area contributed by atoms with E-state index >= 15 is 9.59 Å². The first-order valence-electron chi connectivity index (χ1n) is 31.2. The SMILES string of the molecule is CC(=O)O[C@@H]1[C@@H](OC(C)=O)[C@H](OC(C)=O)CO[C@H]1CC(=O)[C@@H]1[C@@H](c2ccc(OCCOCCOCCOc3ccc([C@@H]4CN(C)[C@]5(C(=O)Nc6ccccc65)[C@H]4C(=O)C[C@@H]4OC[C@@H](OC(C)=O)[C@H](OC(C)=O)[C@H]4OC(C)=O)cc3)cc2)CN(C)[C@@]12C(=O)Nc1ccccc12. The van der Waals surface area contributed by atoms with Crippen LogP contribution in [0.5, 0.6) is 11.5 Å². The Balaban J connectivity index is 0.723. The van der Waals surface area contributed by atoms with E-state index in [-0.39, 0.29) is 89.1 Å². The second-order valence-corrected chi connectivity index (χ2v) is 24.2. The number of nitrogens with one attached hydrogen (secondary N) is 2. The summed E-state index contributed by atoms with van der Waals surface area (Å²) in [6.07, 6.45) is -10.5. The molecule has 4 saturated heterocycles. The summed E-state index contributed by atoms with van der Waals surface area (Å²) < 4.78 is 69.0. The van der Waals surface area contributed by atoms with Gasteiger partial charge in [0.05, 0.1) is 51.5 Å². The molecule has 502 valence electrons. The fourth-order valence-corrected chi connectivity index (χ4v) is 14.6. The number of Topliss-reactive ketones (excluding diaryl/α,β-unsaturated/α-hetero) is 2. The summed E-state index contributed by atoms with van der Waals surface area (Å²) in [4.78, 5) is 137. The molecule has 94 heavy (non-hydrogen) atoms. The second kappa shape index (κ2) is 29.3. The lowest BCUT2D eigenvalue weighted by atomic mass is 9.70. The van der Waals surface area contributed by atoms with Crippen molar-refractivity contribution in [2.45, 2.75) is 126 Å². The van der Waals surface area contributed by atoms with Crippen LogP contribution in [0.1, 0.15) is 88.5 Å². The molecule has 26 nitrogen and oxygen atoms in total. The summed E-state index contributed by atoms with van der Waals surface area (Å²) in [6, 6.07) is 29.0. The van der Waals surface area contributed by atoms with Crippen molar-refractivity contribution in [1.29, 1.82) is 0 Å². The Morgan fingerprint density at radius 2 is 0.777 bits per heavy atom. The number of para-hydroxylation sites is 2. The van der Waals surface area contributed by atoms with E-state index in [2.05, 4.69) is 10.6 Å². The van der Waals surface area contributed by atoms with E-state index in [1.165, 1.54) is 13.8 Å². The van der Waals surface area contributed by atoms with Crippen molar-refractivity contribution < 1.29 is 105 Å². The standard InChI is InChI=1S/C68H78N4O22/c1-37(73)89-57-35-87-55(61(91-39(3)75)63(57)93-41(5)77)31-53(79)59-47(33-71(7)67(59)49-13-9-11-15-51(49)69-65(67)81)43-17-21-45(22-18-43)85-29-27-83-25-26-84-28-30-86-46-23-19-44(20-24-46)48-34-72(8)68(50-14-10-12-16-52(50)70-66(68)82)60(48)54(80)32-56-62(92-40(4)76)64(94-42(6)78)58(36-88-56)90-38(2)74/h9-24,47-48,55-64H,25-36H2,1-8H3,(H,69,81)(H,70,82)/t47-,48+,55-,56-,57+,58+,59+,60-,61-,62-,63-,64-,67-,68+/m0/s1. The van der Waals surface area contributed by atoms with Gasteiger partial charge in [-0.2, -0.15) is 0 Å². The number of likely N-dealkylation sites (N-methyl/N-ethyl adjacent to an activating group) is 2. The Bertz CT molecular complexity index is 3280. The van der Waals surface area contributed by atoms with Gasteiger partial charge >= 0.3 is 35.8 Å². The Morgan fingerprint density at radius 3 is 1.13 bits per heavy atom. The van der Waals surface area contributed by atoms with Crippen molar-refractivity contribution in [2.24, 2.45) is 11.8 Å². The largest absolute Gasteiger partial charge is 0.491 e. The summed E-state index contributed by atoms with van der Waals surface area (Å²) in [5.41, 5.74) is 1.05. The molecule has 0 radical (unpaired) electrons. The lowest BCUT2D eigenvalue weighted by molar-refractivity contribution is -0.226. The number of ether oxygens (including phenoxy) is 12. The van der Waals surface area contributed by atoms with Gasteiger partial charge in [0.2, 0.25) is 11.8 Å². The summed E-state index contributed by atoms with van der Waals surface area (Å²) in [7, 11) is 3.60. The van der Waals surface area contributed by atoms with Crippen molar-refractivity contribution in [3.63, 3.8) is 0 Å². The van der Waals surface area contributed by atoms with Gasteiger partial charge in [0, 0.05) is 102 Å².